The Kier molecular flexibility index (Phi) is 6.08. The molecule has 0 aromatic heterocycles. The van der Waals surface area contributed by atoms with Crippen LogP contribution in [0.15, 0.2) is 77.9 Å². The predicted octanol–water partition coefficient (Wildman–Crippen LogP) is 4.17. The fourth-order valence-electron chi connectivity index (χ4n) is 2.42. The van der Waals surface area contributed by atoms with E-state index in [0.29, 0.717) is 11.3 Å². The number of nitro groups is 2. The standard InChI is InChI=1S/C20H14N4O6/c25-20(15-4-2-1-3-5-15)30-19-11-6-14(12-18(19)24(28)29)13-21-22-16-7-9-17(10-8-16)23(26)27/h1-13,22H/b21-13-. The molecule has 0 bridgehead atoms. The van der Waals surface area contributed by atoms with E-state index in [2.05, 4.69) is 10.5 Å². The number of rotatable bonds is 7. The molecule has 3 aromatic rings. The zero-order valence-corrected chi connectivity index (χ0v) is 15.3. The lowest BCUT2D eigenvalue weighted by Crippen LogP contribution is -2.09. The molecule has 0 aliphatic heterocycles. The number of anilines is 1. The van der Waals surface area contributed by atoms with Gasteiger partial charge in [-0.3, -0.25) is 25.7 Å². The first-order chi connectivity index (χ1) is 14.4. The molecule has 0 saturated carbocycles. The summed E-state index contributed by atoms with van der Waals surface area (Å²) in [7, 11) is 0. The minimum absolute atomic E-state index is 0.0548. The quantitative estimate of drug-likeness (QED) is 0.204. The van der Waals surface area contributed by atoms with Gasteiger partial charge in [-0.05, 0) is 36.4 Å². The maximum atomic E-state index is 12.1. The topological polar surface area (TPSA) is 137 Å². The van der Waals surface area contributed by atoms with Gasteiger partial charge in [-0.1, -0.05) is 18.2 Å². The van der Waals surface area contributed by atoms with E-state index in [1.807, 2.05) is 0 Å². The number of nitrogens with one attached hydrogen (secondary N) is 1. The second kappa shape index (κ2) is 9.06. The highest BCUT2D eigenvalue weighted by atomic mass is 16.6. The molecule has 10 nitrogen and oxygen atoms in total. The summed E-state index contributed by atoms with van der Waals surface area (Å²) < 4.78 is 5.16. The van der Waals surface area contributed by atoms with Gasteiger partial charge in [-0.15, -0.1) is 0 Å². The van der Waals surface area contributed by atoms with Crippen LogP contribution in [-0.2, 0) is 0 Å². The second-order valence-corrected chi connectivity index (χ2v) is 5.91. The number of nitro benzene ring substituents is 2. The number of esters is 1. The summed E-state index contributed by atoms with van der Waals surface area (Å²) >= 11 is 0. The molecule has 30 heavy (non-hydrogen) atoms. The zero-order chi connectivity index (χ0) is 21.5. The lowest BCUT2D eigenvalue weighted by molar-refractivity contribution is -0.385. The molecular formula is C20H14N4O6. The normalized spacial score (nSPS) is 10.5. The van der Waals surface area contributed by atoms with Crippen LogP contribution in [0.3, 0.4) is 0 Å². The first-order valence-electron chi connectivity index (χ1n) is 8.53. The zero-order valence-electron chi connectivity index (χ0n) is 15.3. The highest BCUT2D eigenvalue weighted by Crippen LogP contribution is 2.28. The molecule has 0 radical (unpaired) electrons. The number of carbonyl (C=O) groups excluding carboxylic acids is 1. The van der Waals surface area contributed by atoms with Gasteiger partial charge in [0.25, 0.3) is 5.69 Å². The molecule has 0 amide bonds. The van der Waals surface area contributed by atoms with Crippen LogP contribution >= 0.6 is 0 Å². The molecule has 3 aromatic carbocycles. The van der Waals surface area contributed by atoms with Crippen molar-refractivity contribution >= 4 is 29.2 Å². The number of hydrogen-bond donors (Lipinski definition) is 1. The summed E-state index contributed by atoms with van der Waals surface area (Å²) in [6.45, 7) is 0. The molecule has 150 valence electrons. The Morgan fingerprint density at radius 1 is 0.933 bits per heavy atom. The van der Waals surface area contributed by atoms with Crippen LogP contribution in [0, 0.1) is 20.2 Å². The third-order valence-electron chi connectivity index (χ3n) is 3.88. The number of non-ortho nitro benzene ring substituents is 1. The van der Waals surface area contributed by atoms with Crippen molar-refractivity contribution in [2.75, 3.05) is 5.43 Å². The van der Waals surface area contributed by atoms with Crippen molar-refractivity contribution in [2.24, 2.45) is 5.10 Å². The summed E-state index contributed by atoms with van der Waals surface area (Å²) in [5.74, 6) is -0.894. The molecular weight excluding hydrogens is 392 g/mol. The first-order valence-corrected chi connectivity index (χ1v) is 8.53. The van der Waals surface area contributed by atoms with Crippen molar-refractivity contribution in [1.29, 1.82) is 0 Å². The van der Waals surface area contributed by atoms with E-state index in [-0.39, 0.29) is 17.0 Å². The highest BCUT2D eigenvalue weighted by Gasteiger charge is 2.19. The van der Waals surface area contributed by atoms with Gasteiger partial charge in [0, 0.05) is 23.8 Å². The van der Waals surface area contributed by atoms with Crippen molar-refractivity contribution < 1.29 is 19.4 Å². The van der Waals surface area contributed by atoms with Crippen LogP contribution < -0.4 is 10.2 Å². The van der Waals surface area contributed by atoms with E-state index in [1.165, 1.54) is 48.7 Å². The van der Waals surface area contributed by atoms with Gasteiger partial charge >= 0.3 is 11.7 Å². The average molecular weight is 406 g/mol. The Labute approximate surface area is 169 Å². The summed E-state index contributed by atoms with van der Waals surface area (Å²) in [5, 5.41) is 26.0. The summed E-state index contributed by atoms with van der Waals surface area (Å²) in [4.78, 5) is 33.0. The van der Waals surface area contributed by atoms with Crippen LogP contribution in [0.5, 0.6) is 5.75 Å². The molecule has 0 aliphatic carbocycles. The van der Waals surface area contributed by atoms with E-state index in [0.717, 1.165) is 0 Å². The van der Waals surface area contributed by atoms with Crippen molar-refractivity contribution in [3.63, 3.8) is 0 Å². The lowest BCUT2D eigenvalue weighted by atomic mass is 10.2. The Morgan fingerprint density at radius 2 is 1.63 bits per heavy atom. The minimum atomic E-state index is -0.708. The summed E-state index contributed by atoms with van der Waals surface area (Å²) in [6.07, 6.45) is 1.33. The first kappa shape index (κ1) is 20.1. The number of hydrogen-bond acceptors (Lipinski definition) is 8. The SMILES string of the molecule is O=C(Oc1ccc(/C=N\Nc2ccc([N+](=O)[O-])cc2)cc1[N+](=O)[O-])c1ccccc1. The molecule has 0 aliphatic rings. The molecule has 10 heteroatoms. The van der Waals surface area contributed by atoms with Gasteiger partial charge in [0.2, 0.25) is 5.75 Å². The van der Waals surface area contributed by atoms with Crippen molar-refractivity contribution in [1.82, 2.24) is 0 Å². The van der Waals surface area contributed by atoms with E-state index in [4.69, 9.17) is 4.74 Å². The van der Waals surface area contributed by atoms with Gasteiger partial charge in [0.05, 0.1) is 27.3 Å². The molecule has 0 heterocycles. The van der Waals surface area contributed by atoms with Gasteiger partial charge in [0.1, 0.15) is 0 Å². The largest absolute Gasteiger partial charge is 0.416 e. The summed E-state index contributed by atoms with van der Waals surface area (Å²) in [6, 6.07) is 17.7. The molecule has 0 saturated heterocycles. The van der Waals surface area contributed by atoms with Gasteiger partial charge in [-0.25, -0.2) is 4.79 Å². The van der Waals surface area contributed by atoms with Crippen LogP contribution in [0.4, 0.5) is 17.1 Å². The Morgan fingerprint density at radius 3 is 2.27 bits per heavy atom. The minimum Gasteiger partial charge on any atom is -0.416 e. The van der Waals surface area contributed by atoms with E-state index in [1.54, 1.807) is 30.3 Å². The van der Waals surface area contributed by atoms with E-state index in [9.17, 15) is 25.0 Å². The lowest BCUT2D eigenvalue weighted by Gasteiger charge is -2.06. The Balaban J connectivity index is 1.72. The number of ether oxygens (including phenoxy) is 1. The van der Waals surface area contributed by atoms with E-state index < -0.39 is 21.5 Å². The van der Waals surface area contributed by atoms with Crippen molar-refractivity contribution in [3.05, 3.63) is 104 Å². The molecule has 0 unspecified atom stereocenters. The Hall–Kier alpha value is -4.60. The fourth-order valence-corrected chi connectivity index (χ4v) is 2.42. The average Bonchev–Trinajstić information content (AvgIpc) is 2.75. The van der Waals surface area contributed by atoms with Crippen molar-refractivity contribution in [3.8, 4) is 5.75 Å². The summed E-state index contributed by atoms with van der Waals surface area (Å²) in [5.41, 5.74) is 3.38. The third kappa shape index (κ3) is 5.01. The number of nitrogens with zero attached hydrogens (tertiary/aromatic N) is 3. The van der Waals surface area contributed by atoms with Crippen molar-refractivity contribution in [2.45, 2.75) is 0 Å². The van der Waals surface area contributed by atoms with Crippen LogP contribution in [0.2, 0.25) is 0 Å². The number of benzene rings is 3. The van der Waals surface area contributed by atoms with Crippen LogP contribution in [0.1, 0.15) is 15.9 Å². The second-order valence-electron chi connectivity index (χ2n) is 5.91. The van der Waals surface area contributed by atoms with Gasteiger partial charge in [0.15, 0.2) is 0 Å². The molecule has 3 rings (SSSR count). The smallest absolute Gasteiger partial charge is 0.343 e. The molecule has 0 fully saturated rings. The van der Waals surface area contributed by atoms with Gasteiger partial charge in [-0.2, -0.15) is 5.10 Å². The number of carbonyl (C=O) groups is 1. The Bertz CT molecular complexity index is 1110. The monoisotopic (exact) mass is 406 g/mol. The molecule has 1 N–H and O–H groups in total. The maximum Gasteiger partial charge on any atom is 0.343 e. The van der Waals surface area contributed by atoms with E-state index >= 15 is 0 Å². The van der Waals surface area contributed by atoms with Crippen LogP contribution in [-0.4, -0.2) is 22.0 Å². The number of hydrazone groups is 1. The predicted molar refractivity (Wildman–Crippen MR) is 109 cm³/mol. The molecule has 0 atom stereocenters. The molecule has 0 spiro atoms. The van der Waals surface area contributed by atoms with Crippen LogP contribution in [0.25, 0.3) is 0 Å². The third-order valence-corrected chi connectivity index (χ3v) is 3.88. The maximum absolute atomic E-state index is 12.1. The highest BCUT2D eigenvalue weighted by molar-refractivity contribution is 5.91. The fraction of sp³-hybridized carbons (Fsp3) is 0. The van der Waals surface area contributed by atoms with Gasteiger partial charge < -0.3 is 4.74 Å².